The zero-order valence-electron chi connectivity index (χ0n) is 38.3. The summed E-state index contributed by atoms with van der Waals surface area (Å²) in [4.78, 5) is 31.9. The molecule has 5 heterocycles. The van der Waals surface area contributed by atoms with E-state index < -0.39 is 0 Å². The molecule has 0 aliphatic rings. The van der Waals surface area contributed by atoms with Gasteiger partial charge in [0.1, 0.15) is 5.82 Å². The summed E-state index contributed by atoms with van der Waals surface area (Å²) in [6.45, 7) is 12.0. The van der Waals surface area contributed by atoms with Gasteiger partial charge in [-0.05, 0) is 121 Å². The number of hydrogen-bond donors (Lipinski definition) is 0. The van der Waals surface area contributed by atoms with Crippen molar-refractivity contribution in [3.8, 4) is 90.1 Å². The molecule has 7 heteroatoms. The lowest BCUT2D eigenvalue weighted by atomic mass is 9.94. The summed E-state index contributed by atoms with van der Waals surface area (Å²) in [6.07, 6.45) is 7.26. The van der Waals surface area contributed by atoms with E-state index in [1.54, 1.807) is 12.4 Å². The highest BCUT2D eigenvalue weighted by atomic mass is 15.0. The fraction of sp³-hybridized carbons (Fsp3) is 0.102. The second kappa shape index (κ2) is 22.9. The second-order valence-corrected chi connectivity index (χ2v) is 14.8. The third kappa shape index (κ3) is 11.6. The summed E-state index contributed by atoms with van der Waals surface area (Å²) < 4.78 is 0. The molecule has 0 unspecified atom stereocenters. The lowest BCUT2D eigenvalue weighted by molar-refractivity contribution is 0.992. The molecule has 0 N–H and O–H groups in total. The zero-order valence-corrected chi connectivity index (χ0v) is 38.3. The molecule has 7 nitrogen and oxygen atoms in total. The van der Waals surface area contributed by atoms with E-state index in [1.165, 1.54) is 27.8 Å². The summed E-state index contributed by atoms with van der Waals surface area (Å²) in [5.41, 5.74) is 16.0. The zero-order chi connectivity index (χ0) is 46.1. The van der Waals surface area contributed by atoms with Crippen LogP contribution >= 0.6 is 0 Å². The van der Waals surface area contributed by atoms with Gasteiger partial charge in [0.15, 0.2) is 11.6 Å². The van der Waals surface area contributed by atoms with Crippen molar-refractivity contribution in [1.82, 2.24) is 34.9 Å². The maximum absolute atomic E-state index is 4.78. The molecule has 0 fully saturated rings. The van der Waals surface area contributed by atoms with E-state index in [4.69, 9.17) is 4.98 Å². The van der Waals surface area contributed by atoms with Gasteiger partial charge in [0, 0.05) is 58.2 Å². The molecule has 0 radical (unpaired) electrons. The van der Waals surface area contributed by atoms with Gasteiger partial charge >= 0.3 is 0 Å². The van der Waals surface area contributed by atoms with Gasteiger partial charge in [-0.3, -0.25) is 19.9 Å². The summed E-state index contributed by atoms with van der Waals surface area (Å²) in [7, 11) is 0. The largest absolute Gasteiger partial charge is 0.256 e. The quantitative estimate of drug-likeness (QED) is 0.150. The third-order valence-electron chi connectivity index (χ3n) is 10.3. The van der Waals surface area contributed by atoms with Gasteiger partial charge in [-0.2, -0.15) is 0 Å². The molecule has 0 saturated carbocycles. The van der Waals surface area contributed by atoms with Crippen molar-refractivity contribution >= 4 is 0 Å². The van der Waals surface area contributed by atoms with Gasteiger partial charge in [-0.1, -0.05) is 137 Å². The number of aryl methyl sites for hydroxylation is 2. The Kier molecular flexibility index (Phi) is 15.9. The molecule has 0 spiro atoms. The van der Waals surface area contributed by atoms with Gasteiger partial charge in [0.2, 0.25) is 0 Å². The van der Waals surface area contributed by atoms with Crippen molar-refractivity contribution in [2.75, 3.05) is 0 Å². The van der Waals surface area contributed by atoms with Gasteiger partial charge in [-0.25, -0.2) is 15.0 Å². The standard InChI is InChI=1S/C29H22N2.C26H19N5.2C2H6/c1-21-16-26(22-8-6-10-24(18-22)28-12-2-4-14-30-28)20-27(17-21)23-9-7-11-25(19-23)29-13-3-5-15-31-29;1-18-29-25(21-10-6-8-19(16-21)23-12-2-4-14-27-23)31-26(30-18)22-11-7-9-20(17-22)24-13-3-5-15-28-24;2*1-2/h2-20H,1H3;2-17H,1H3;2*1-2H3. The number of nitrogens with zero attached hydrogens (tertiary/aromatic N) is 7. The van der Waals surface area contributed by atoms with Gasteiger partial charge in [0.05, 0.1) is 22.8 Å². The van der Waals surface area contributed by atoms with Crippen LogP contribution in [0.1, 0.15) is 39.1 Å². The predicted molar refractivity (Wildman–Crippen MR) is 273 cm³/mol. The Morgan fingerprint density at radius 2 is 0.545 bits per heavy atom. The maximum Gasteiger partial charge on any atom is 0.163 e. The molecule has 10 aromatic rings. The normalized spacial score (nSPS) is 10.3. The summed E-state index contributed by atoms with van der Waals surface area (Å²) in [5.74, 6) is 1.96. The van der Waals surface area contributed by atoms with E-state index in [0.29, 0.717) is 17.5 Å². The predicted octanol–water partition coefficient (Wildman–Crippen LogP) is 15.1. The van der Waals surface area contributed by atoms with E-state index in [0.717, 1.165) is 56.2 Å². The highest BCUT2D eigenvalue weighted by Crippen LogP contribution is 2.33. The van der Waals surface area contributed by atoms with Crippen molar-refractivity contribution in [3.05, 3.63) is 224 Å². The first-order valence-electron chi connectivity index (χ1n) is 22.4. The topological polar surface area (TPSA) is 90.2 Å². The fourth-order valence-corrected chi connectivity index (χ4v) is 7.34. The number of benzene rings is 5. The van der Waals surface area contributed by atoms with Crippen LogP contribution in [-0.2, 0) is 0 Å². The van der Waals surface area contributed by atoms with Gasteiger partial charge in [0.25, 0.3) is 0 Å². The highest BCUT2D eigenvalue weighted by molar-refractivity contribution is 5.79. The Bertz CT molecular complexity index is 2670. The Hall–Kier alpha value is -8.29. The van der Waals surface area contributed by atoms with Crippen LogP contribution in [0.2, 0.25) is 0 Å². The Morgan fingerprint density at radius 3 is 0.864 bits per heavy atom. The number of aromatic nitrogens is 7. The van der Waals surface area contributed by atoms with Crippen molar-refractivity contribution in [1.29, 1.82) is 0 Å². The van der Waals surface area contributed by atoms with Crippen molar-refractivity contribution in [2.24, 2.45) is 0 Å². The first-order chi connectivity index (χ1) is 32.5. The lowest BCUT2D eigenvalue weighted by Gasteiger charge is -2.11. The van der Waals surface area contributed by atoms with Crippen LogP contribution in [0.4, 0.5) is 0 Å². The third-order valence-corrected chi connectivity index (χ3v) is 10.3. The molecule has 66 heavy (non-hydrogen) atoms. The van der Waals surface area contributed by atoms with Crippen LogP contribution in [0.25, 0.3) is 90.1 Å². The fourth-order valence-electron chi connectivity index (χ4n) is 7.34. The molecule has 0 saturated heterocycles. The van der Waals surface area contributed by atoms with Crippen LogP contribution in [0, 0.1) is 13.8 Å². The lowest BCUT2D eigenvalue weighted by Crippen LogP contribution is -2.00. The Labute approximate surface area is 389 Å². The average molecular weight is 860 g/mol. The smallest absolute Gasteiger partial charge is 0.163 e. The van der Waals surface area contributed by atoms with Crippen molar-refractivity contribution in [2.45, 2.75) is 41.5 Å². The van der Waals surface area contributed by atoms with E-state index >= 15 is 0 Å². The molecule has 10 rings (SSSR count). The first kappa shape index (κ1) is 45.7. The Morgan fingerprint density at radius 1 is 0.258 bits per heavy atom. The first-order valence-corrected chi connectivity index (χ1v) is 22.4. The molecule has 5 aromatic heterocycles. The number of hydrogen-bond acceptors (Lipinski definition) is 7. The molecule has 0 amide bonds. The van der Waals surface area contributed by atoms with Crippen molar-refractivity contribution in [3.63, 3.8) is 0 Å². The Balaban J connectivity index is 0.000000183. The van der Waals surface area contributed by atoms with E-state index in [2.05, 4.69) is 116 Å². The molecular formula is C59H53N7. The van der Waals surface area contributed by atoms with E-state index in [-0.39, 0.29) is 0 Å². The molecule has 0 aliphatic heterocycles. The second-order valence-electron chi connectivity index (χ2n) is 14.8. The minimum atomic E-state index is 0.642. The summed E-state index contributed by atoms with van der Waals surface area (Å²) in [6, 6.07) is 63.9. The molecule has 0 aliphatic carbocycles. The van der Waals surface area contributed by atoms with Crippen LogP contribution in [0.15, 0.2) is 213 Å². The monoisotopic (exact) mass is 859 g/mol. The average Bonchev–Trinajstić information content (AvgIpc) is 3.41. The molecule has 0 atom stereocenters. The van der Waals surface area contributed by atoms with E-state index in [1.807, 2.05) is 156 Å². The maximum atomic E-state index is 4.78. The van der Waals surface area contributed by atoms with Gasteiger partial charge in [-0.15, -0.1) is 0 Å². The van der Waals surface area contributed by atoms with Crippen LogP contribution < -0.4 is 0 Å². The molecule has 5 aromatic carbocycles. The molecular weight excluding hydrogens is 807 g/mol. The van der Waals surface area contributed by atoms with Crippen LogP contribution in [-0.4, -0.2) is 34.9 Å². The van der Waals surface area contributed by atoms with E-state index in [9.17, 15) is 0 Å². The highest BCUT2D eigenvalue weighted by Gasteiger charge is 2.12. The number of pyridine rings is 4. The minimum absolute atomic E-state index is 0.642. The SMILES string of the molecule is CC.CC.Cc1cc(-c2cccc(-c3ccccn3)c2)cc(-c2cccc(-c3ccccn3)c2)c1.Cc1nc(-c2cccc(-c3ccccn3)c2)nc(-c2cccc(-c3ccccn3)c2)n1. The van der Waals surface area contributed by atoms with Gasteiger partial charge < -0.3 is 0 Å². The minimum Gasteiger partial charge on any atom is -0.256 e. The molecule has 324 valence electrons. The summed E-state index contributed by atoms with van der Waals surface area (Å²) in [5, 5.41) is 0. The van der Waals surface area contributed by atoms with Crippen molar-refractivity contribution < 1.29 is 0 Å². The van der Waals surface area contributed by atoms with Crippen LogP contribution in [0.3, 0.4) is 0 Å². The number of rotatable bonds is 8. The summed E-state index contributed by atoms with van der Waals surface area (Å²) >= 11 is 0. The van der Waals surface area contributed by atoms with Crippen LogP contribution in [0.5, 0.6) is 0 Å². The molecule has 0 bridgehead atoms.